The summed E-state index contributed by atoms with van der Waals surface area (Å²) in [5.74, 6) is 0.668. The Kier molecular flexibility index (Phi) is 4.33. The van der Waals surface area contributed by atoms with Crippen LogP contribution in [0.25, 0.3) is 11.0 Å². The lowest BCUT2D eigenvalue weighted by molar-refractivity contribution is 0.414. The maximum Gasteiger partial charge on any atom is 0.336 e. The molecule has 0 unspecified atom stereocenters. The normalized spacial score (nSPS) is 10.7. The van der Waals surface area contributed by atoms with Gasteiger partial charge < -0.3 is 14.5 Å². The van der Waals surface area contributed by atoms with Gasteiger partial charge in [0, 0.05) is 29.8 Å². The number of rotatable bonds is 5. The highest BCUT2D eigenvalue weighted by Crippen LogP contribution is 2.23. The summed E-state index contributed by atoms with van der Waals surface area (Å²) in [5, 5.41) is 4.25. The summed E-state index contributed by atoms with van der Waals surface area (Å²) in [6.45, 7) is 2.69. The Bertz CT molecular complexity index is 866. The molecule has 3 aromatic rings. The van der Waals surface area contributed by atoms with Gasteiger partial charge >= 0.3 is 5.63 Å². The first-order chi connectivity index (χ1) is 11.2. The minimum atomic E-state index is -0.358. The van der Waals surface area contributed by atoms with Gasteiger partial charge in [0.2, 0.25) is 0 Å². The number of hydrogen-bond acceptors (Lipinski definition) is 4. The Balaban J connectivity index is 1.88. The lowest BCUT2D eigenvalue weighted by atomic mass is 10.1. The number of aryl methyl sites for hydroxylation is 1. The van der Waals surface area contributed by atoms with E-state index in [9.17, 15) is 4.79 Å². The van der Waals surface area contributed by atoms with Crippen LogP contribution in [0.2, 0.25) is 0 Å². The largest absolute Gasteiger partial charge is 0.497 e. The molecule has 2 aromatic carbocycles. The lowest BCUT2D eigenvalue weighted by Crippen LogP contribution is -2.06. The number of nitrogens with one attached hydrogen (secondary N) is 1. The fourth-order valence-corrected chi connectivity index (χ4v) is 2.54. The molecule has 1 aromatic heterocycles. The van der Waals surface area contributed by atoms with Gasteiger partial charge in [-0.25, -0.2) is 4.79 Å². The SMILES string of the molecule is CCc1ccc(NCc2cc(=O)oc3cc(OC)ccc23)cc1. The molecule has 0 radical (unpaired) electrons. The zero-order chi connectivity index (χ0) is 16.2. The van der Waals surface area contributed by atoms with Gasteiger partial charge in [-0.3, -0.25) is 0 Å². The predicted octanol–water partition coefficient (Wildman–Crippen LogP) is 3.98. The molecular weight excluding hydrogens is 290 g/mol. The highest BCUT2D eigenvalue weighted by molar-refractivity contribution is 5.81. The van der Waals surface area contributed by atoms with E-state index in [1.54, 1.807) is 13.2 Å². The topological polar surface area (TPSA) is 51.5 Å². The van der Waals surface area contributed by atoms with E-state index in [4.69, 9.17) is 9.15 Å². The number of benzene rings is 2. The molecule has 4 heteroatoms. The molecule has 1 heterocycles. The first-order valence-electron chi connectivity index (χ1n) is 7.63. The van der Waals surface area contributed by atoms with Crippen LogP contribution in [-0.2, 0) is 13.0 Å². The highest BCUT2D eigenvalue weighted by atomic mass is 16.5. The fraction of sp³-hybridized carbons (Fsp3) is 0.211. The first-order valence-corrected chi connectivity index (χ1v) is 7.63. The maximum atomic E-state index is 11.8. The van der Waals surface area contributed by atoms with E-state index in [0.29, 0.717) is 17.9 Å². The summed E-state index contributed by atoms with van der Waals surface area (Å²) in [6, 6.07) is 15.3. The molecule has 0 atom stereocenters. The summed E-state index contributed by atoms with van der Waals surface area (Å²) >= 11 is 0. The van der Waals surface area contributed by atoms with Crippen molar-refractivity contribution >= 4 is 16.7 Å². The van der Waals surface area contributed by atoms with Crippen molar-refractivity contribution in [3.63, 3.8) is 0 Å². The van der Waals surface area contributed by atoms with Gasteiger partial charge in [-0.1, -0.05) is 19.1 Å². The van der Waals surface area contributed by atoms with E-state index in [2.05, 4.69) is 36.5 Å². The van der Waals surface area contributed by atoms with Crippen LogP contribution in [0, 0.1) is 0 Å². The Morgan fingerprint density at radius 1 is 1.09 bits per heavy atom. The van der Waals surface area contributed by atoms with Gasteiger partial charge in [0.25, 0.3) is 0 Å². The molecule has 3 rings (SSSR count). The van der Waals surface area contributed by atoms with Crippen molar-refractivity contribution in [2.45, 2.75) is 19.9 Å². The summed E-state index contributed by atoms with van der Waals surface area (Å²) in [5.41, 5.74) is 3.41. The smallest absolute Gasteiger partial charge is 0.336 e. The minimum Gasteiger partial charge on any atom is -0.497 e. The molecule has 0 fully saturated rings. The summed E-state index contributed by atoms with van der Waals surface area (Å²) in [6.07, 6.45) is 1.02. The third kappa shape index (κ3) is 3.37. The number of ether oxygens (including phenoxy) is 1. The fourth-order valence-electron chi connectivity index (χ4n) is 2.54. The third-order valence-corrected chi connectivity index (χ3v) is 3.88. The van der Waals surface area contributed by atoms with E-state index < -0.39 is 0 Å². The molecule has 0 saturated heterocycles. The Labute approximate surface area is 134 Å². The van der Waals surface area contributed by atoms with Crippen LogP contribution in [0.3, 0.4) is 0 Å². The number of fused-ring (bicyclic) bond motifs is 1. The van der Waals surface area contributed by atoms with Crippen molar-refractivity contribution in [1.29, 1.82) is 0 Å². The van der Waals surface area contributed by atoms with E-state index in [-0.39, 0.29) is 5.63 Å². The average Bonchev–Trinajstić information content (AvgIpc) is 2.59. The molecule has 1 N–H and O–H groups in total. The van der Waals surface area contributed by atoms with Crippen LogP contribution in [0.1, 0.15) is 18.1 Å². The predicted molar refractivity (Wildman–Crippen MR) is 92.2 cm³/mol. The Hall–Kier alpha value is -2.75. The monoisotopic (exact) mass is 309 g/mol. The van der Waals surface area contributed by atoms with E-state index in [1.165, 1.54) is 11.6 Å². The second-order valence-corrected chi connectivity index (χ2v) is 5.36. The zero-order valence-electron chi connectivity index (χ0n) is 13.3. The van der Waals surface area contributed by atoms with Crippen LogP contribution in [0.15, 0.2) is 57.7 Å². The van der Waals surface area contributed by atoms with Crippen LogP contribution in [-0.4, -0.2) is 7.11 Å². The summed E-state index contributed by atoms with van der Waals surface area (Å²) in [4.78, 5) is 11.8. The minimum absolute atomic E-state index is 0.358. The molecule has 4 nitrogen and oxygen atoms in total. The molecular formula is C19H19NO3. The number of methoxy groups -OCH3 is 1. The zero-order valence-corrected chi connectivity index (χ0v) is 13.3. The standard InChI is InChI=1S/C19H19NO3/c1-3-13-4-6-15(7-5-13)20-12-14-10-19(21)23-18-11-16(22-2)8-9-17(14)18/h4-11,20H,3,12H2,1-2H3. The van der Waals surface area contributed by atoms with Gasteiger partial charge in [-0.05, 0) is 41.8 Å². The van der Waals surface area contributed by atoms with Gasteiger partial charge in [-0.2, -0.15) is 0 Å². The van der Waals surface area contributed by atoms with Crippen LogP contribution in [0.5, 0.6) is 5.75 Å². The molecule has 0 aliphatic carbocycles. The van der Waals surface area contributed by atoms with Crippen molar-refractivity contribution in [2.24, 2.45) is 0 Å². The van der Waals surface area contributed by atoms with E-state index in [1.807, 2.05) is 12.1 Å². The Morgan fingerprint density at radius 3 is 2.57 bits per heavy atom. The number of hydrogen-bond donors (Lipinski definition) is 1. The van der Waals surface area contributed by atoms with E-state index >= 15 is 0 Å². The highest BCUT2D eigenvalue weighted by Gasteiger charge is 2.07. The number of anilines is 1. The quantitative estimate of drug-likeness (QED) is 0.724. The Morgan fingerprint density at radius 2 is 1.87 bits per heavy atom. The van der Waals surface area contributed by atoms with Crippen molar-refractivity contribution in [2.75, 3.05) is 12.4 Å². The van der Waals surface area contributed by atoms with E-state index in [0.717, 1.165) is 23.1 Å². The van der Waals surface area contributed by atoms with Gasteiger partial charge in [0.05, 0.1) is 7.11 Å². The van der Waals surface area contributed by atoms with Crippen LogP contribution < -0.4 is 15.7 Å². The first kappa shape index (κ1) is 15.2. The summed E-state index contributed by atoms with van der Waals surface area (Å²) in [7, 11) is 1.59. The molecule has 0 aliphatic heterocycles. The lowest BCUT2D eigenvalue weighted by Gasteiger charge is -2.10. The van der Waals surface area contributed by atoms with Crippen LogP contribution in [0.4, 0.5) is 5.69 Å². The van der Waals surface area contributed by atoms with Crippen LogP contribution >= 0.6 is 0 Å². The molecule has 0 saturated carbocycles. The van der Waals surface area contributed by atoms with Gasteiger partial charge in [-0.15, -0.1) is 0 Å². The average molecular weight is 309 g/mol. The molecule has 0 amide bonds. The second kappa shape index (κ2) is 6.57. The van der Waals surface area contributed by atoms with Crippen molar-refractivity contribution in [1.82, 2.24) is 0 Å². The molecule has 23 heavy (non-hydrogen) atoms. The van der Waals surface area contributed by atoms with Crippen molar-refractivity contribution in [3.05, 3.63) is 70.1 Å². The second-order valence-electron chi connectivity index (χ2n) is 5.36. The van der Waals surface area contributed by atoms with Crippen molar-refractivity contribution in [3.8, 4) is 5.75 Å². The third-order valence-electron chi connectivity index (χ3n) is 3.88. The van der Waals surface area contributed by atoms with Gasteiger partial charge in [0.15, 0.2) is 0 Å². The molecule has 118 valence electrons. The van der Waals surface area contributed by atoms with Gasteiger partial charge in [0.1, 0.15) is 11.3 Å². The summed E-state index contributed by atoms with van der Waals surface area (Å²) < 4.78 is 10.4. The van der Waals surface area contributed by atoms with Crippen molar-refractivity contribution < 1.29 is 9.15 Å². The molecule has 0 bridgehead atoms. The maximum absolute atomic E-state index is 11.8. The molecule has 0 aliphatic rings. The molecule has 0 spiro atoms.